The third-order valence-electron chi connectivity index (χ3n) is 7.46. The minimum atomic E-state index is -4.79. The largest absolute Gasteiger partial charge is 0.744 e. The molecule has 0 amide bonds. The first kappa shape index (κ1) is 37.6. The van der Waals surface area contributed by atoms with Crippen LogP contribution in [0, 0.1) is 11.8 Å². The first-order valence-electron chi connectivity index (χ1n) is 16.3. The molecule has 7 nitrogen and oxygen atoms in total. The molecule has 0 aliphatic carbocycles. The van der Waals surface area contributed by atoms with Gasteiger partial charge in [0.2, 0.25) is 0 Å². The first-order chi connectivity index (χ1) is 22.3. The molecule has 1 atom stereocenters. The standard InChI is InChI=1S/C37H48O7S2/c1-2-3-28-44-31-20-22-32(23-21-31)45-36-24-19-30(29-37(36)46(40,41)42)33-16-11-12-17-34(33)35(39)18-15-27-43-26-14-10-8-6-4-5-7-9-13-25-38/h11-12,16-17,19-24,29,35,38-39H,2-10,13-14,25-28H2,1H3,(H,40,41,42)/p-1. The van der Waals surface area contributed by atoms with E-state index in [4.69, 9.17) is 14.6 Å². The van der Waals surface area contributed by atoms with Crippen molar-refractivity contribution in [1.82, 2.24) is 0 Å². The van der Waals surface area contributed by atoms with E-state index in [1.807, 2.05) is 24.3 Å². The summed E-state index contributed by atoms with van der Waals surface area (Å²) in [7, 11) is -4.79. The van der Waals surface area contributed by atoms with Crippen LogP contribution >= 0.6 is 11.8 Å². The van der Waals surface area contributed by atoms with E-state index >= 15 is 0 Å². The molecule has 0 bridgehead atoms. The Balaban J connectivity index is 1.57. The Morgan fingerprint density at radius 1 is 0.848 bits per heavy atom. The summed E-state index contributed by atoms with van der Waals surface area (Å²) in [6.07, 6.45) is 11.0. The topological polar surface area (TPSA) is 116 Å². The van der Waals surface area contributed by atoms with Gasteiger partial charge in [0.1, 0.15) is 28.6 Å². The zero-order chi connectivity index (χ0) is 33.0. The predicted octanol–water partition coefficient (Wildman–Crippen LogP) is 8.14. The van der Waals surface area contributed by atoms with E-state index in [1.165, 1.54) is 49.9 Å². The maximum absolute atomic E-state index is 12.3. The molecule has 0 aliphatic rings. The molecule has 2 N–H and O–H groups in total. The van der Waals surface area contributed by atoms with Crippen LogP contribution in [0.15, 0.2) is 81.4 Å². The number of benzene rings is 3. The lowest BCUT2D eigenvalue weighted by atomic mass is 9.96. The minimum Gasteiger partial charge on any atom is -0.744 e. The van der Waals surface area contributed by atoms with Gasteiger partial charge in [0.25, 0.3) is 0 Å². The van der Waals surface area contributed by atoms with Gasteiger partial charge in [-0.05, 0) is 66.8 Å². The highest BCUT2D eigenvalue weighted by Gasteiger charge is 2.16. The van der Waals surface area contributed by atoms with Crippen LogP contribution in [0.3, 0.4) is 0 Å². The molecule has 3 aromatic carbocycles. The van der Waals surface area contributed by atoms with Crippen LogP contribution in [0.2, 0.25) is 0 Å². The molecule has 3 rings (SSSR count). The van der Waals surface area contributed by atoms with Crippen molar-refractivity contribution in [2.24, 2.45) is 0 Å². The fraction of sp³-hybridized carbons (Fsp3) is 0.459. The Kier molecular flexibility index (Phi) is 17.3. The van der Waals surface area contributed by atoms with Crippen LogP contribution < -0.4 is 4.74 Å². The van der Waals surface area contributed by atoms with Crippen molar-refractivity contribution in [3.8, 4) is 28.7 Å². The second kappa shape index (κ2) is 21.1. The molecule has 0 heterocycles. The van der Waals surface area contributed by atoms with Gasteiger partial charge in [-0.25, -0.2) is 8.42 Å². The molecule has 3 aromatic rings. The Hall–Kier alpha value is -2.84. The van der Waals surface area contributed by atoms with Crippen LogP contribution in [0.4, 0.5) is 0 Å². The molecular weight excluding hydrogens is 621 g/mol. The van der Waals surface area contributed by atoms with E-state index in [-0.39, 0.29) is 18.1 Å². The molecule has 0 fully saturated rings. The zero-order valence-corrected chi connectivity index (χ0v) is 28.4. The fourth-order valence-corrected chi connectivity index (χ4v) is 6.75. The van der Waals surface area contributed by atoms with Gasteiger partial charge < -0.3 is 24.2 Å². The minimum absolute atomic E-state index is 0.209. The second-order valence-electron chi connectivity index (χ2n) is 11.2. The average molecular weight is 668 g/mol. The molecule has 1 unspecified atom stereocenters. The third kappa shape index (κ3) is 13.5. The van der Waals surface area contributed by atoms with Gasteiger partial charge in [-0.3, -0.25) is 0 Å². The molecule has 9 heteroatoms. The highest BCUT2D eigenvalue weighted by Crippen LogP contribution is 2.37. The van der Waals surface area contributed by atoms with Gasteiger partial charge in [-0.2, -0.15) is 0 Å². The molecule has 250 valence electrons. The Labute approximate surface area is 279 Å². The number of ether oxygens (including phenoxy) is 2. The number of rotatable bonds is 21. The molecule has 0 saturated heterocycles. The number of unbranched alkanes of at least 4 members (excludes halogenated alkanes) is 9. The van der Waals surface area contributed by atoms with Crippen molar-refractivity contribution in [1.29, 1.82) is 0 Å². The SMILES string of the molecule is CCCCOc1ccc(Sc2ccc(-c3ccccc3C(O)C#CCOCCCCCCCCCCCO)cc2S(=O)(=O)[O-])cc1. The van der Waals surface area contributed by atoms with Gasteiger partial charge in [-0.15, -0.1) is 0 Å². The van der Waals surface area contributed by atoms with Crippen molar-refractivity contribution >= 4 is 21.9 Å². The number of hydrogen-bond donors (Lipinski definition) is 2. The van der Waals surface area contributed by atoms with E-state index in [2.05, 4.69) is 18.8 Å². The van der Waals surface area contributed by atoms with E-state index in [9.17, 15) is 18.1 Å². The Morgan fingerprint density at radius 2 is 1.52 bits per heavy atom. The molecule has 0 radical (unpaired) electrons. The van der Waals surface area contributed by atoms with Crippen molar-refractivity contribution in [3.63, 3.8) is 0 Å². The zero-order valence-electron chi connectivity index (χ0n) is 26.8. The van der Waals surface area contributed by atoms with Crippen molar-refractivity contribution in [2.75, 3.05) is 26.4 Å². The van der Waals surface area contributed by atoms with Crippen LogP contribution in [0.25, 0.3) is 11.1 Å². The van der Waals surface area contributed by atoms with Gasteiger partial charge >= 0.3 is 0 Å². The summed E-state index contributed by atoms with van der Waals surface area (Å²) in [5, 5.41) is 19.7. The van der Waals surface area contributed by atoms with E-state index in [0.29, 0.717) is 34.8 Å². The average Bonchev–Trinajstić information content (AvgIpc) is 3.05. The lowest BCUT2D eigenvalue weighted by Gasteiger charge is -2.17. The Bertz CT molecular complexity index is 1480. The Morgan fingerprint density at radius 3 is 2.20 bits per heavy atom. The van der Waals surface area contributed by atoms with Gasteiger partial charge in [0, 0.05) is 28.6 Å². The summed E-state index contributed by atoms with van der Waals surface area (Å²) < 4.78 is 48.3. The summed E-state index contributed by atoms with van der Waals surface area (Å²) in [6.45, 7) is 3.84. The first-order valence-corrected chi connectivity index (χ1v) is 18.5. The monoisotopic (exact) mass is 667 g/mol. The van der Waals surface area contributed by atoms with Crippen molar-refractivity contribution < 1.29 is 32.7 Å². The summed E-state index contributed by atoms with van der Waals surface area (Å²) in [5.74, 6) is 6.45. The third-order valence-corrected chi connectivity index (χ3v) is 9.55. The van der Waals surface area contributed by atoms with E-state index in [1.54, 1.807) is 36.4 Å². The van der Waals surface area contributed by atoms with Gasteiger partial charge in [-0.1, -0.05) is 112 Å². The van der Waals surface area contributed by atoms with E-state index in [0.717, 1.165) is 49.2 Å². The summed E-state index contributed by atoms with van der Waals surface area (Å²) in [6, 6.07) is 19.1. The smallest absolute Gasteiger partial charge is 0.140 e. The normalized spacial score (nSPS) is 12.0. The van der Waals surface area contributed by atoms with Crippen LogP contribution in [-0.4, -0.2) is 49.6 Å². The fourth-order valence-electron chi connectivity index (χ4n) is 4.91. The van der Waals surface area contributed by atoms with Crippen molar-refractivity contribution in [3.05, 3.63) is 72.3 Å². The lowest BCUT2D eigenvalue weighted by molar-refractivity contribution is 0.161. The maximum atomic E-state index is 12.3. The summed E-state index contributed by atoms with van der Waals surface area (Å²) in [4.78, 5) is 0.776. The van der Waals surface area contributed by atoms with Crippen LogP contribution in [0.1, 0.15) is 89.2 Å². The van der Waals surface area contributed by atoms with Crippen LogP contribution in [0.5, 0.6) is 5.75 Å². The number of aliphatic hydroxyl groups is 2. The molecule has 0 saturated carbocycles. The molecule has 46 heavy (non-hydrogen) atoms. The maximum Gasteiger partial charge on any atom is 0.140 e. The number of aliphatic hydroxyl groups excluding tert-OH is 2. The molecule has 0 aliphatic heterocycles. The lowest BCUT2D eigenvalue weighted by Crippen LogP contribution is -2.03. The van der Waals surface area contributed by atoms with E-state index < -0.39 is 16.2 Å². The molecular formula is C37H47O7S2-. The molecule has 0 spiro atoms. The summed E-state index contributed by atoms with van der Waals surface area (Å²) >= 11 is 1.19. The number of hydrogen-bond acceptors (Lipinski definition) is 8. The van der Waals surface area contributed by atoms with Crippen LogP contribution in [-0.2, 0) is 14.9 Å². The molecule has 0 aromatic heterocycles. The summed E-state index contributed by atoms with van der Waals surface area (Å²) in [5.41, 5.74) is 1.60. The van der Waals surface area contributed by atoms with Gasteiger partial charge in [0.05, 0.1) is 11.5 Å². The quantitative estimate of drug-likeness (QED) is 0.0665. The predicted molar refractivity (Wildman–Crippen MR) is 183 cm³/mol. The highest BCUT2D eigenvalue weighted by molar-refractivity contribution is 8.00. The second-order valence-corrected chi connectivity index (χ2v) is 13.6. The van der Waals surface area contributed by atoms with Crippen molar-refractivity contribution in [2.45, 2.75) is 98.3 Å². The van der Waals surface area contributed by atoms with Gasteiger partial charge in [0.15, 0.2) is 0 Å². The highest BCUT2D eigenvalue weighted by atomic mass is 32.2.